The van der Waals surface area contributed by atoms with Crippen molar-refractivity contribution in [2.75, 3.05) is 0 Å². The van der Waals surface area contributed by atoms with Crippen molar-refractivity contribution >= 4 is 11.3 Å². The fraction of sp³-hybridized carbons (Fsp3) is 0.308. The minimum atomic E-state index is -4.33. The van der Waals surface area contributed by atoms with Crippen LogP contribution in [0, 0.1) is 6.92 Å². The highest BCUT2D eigenvalue weighted by atomic mass is 32.1. The van der Waals surface area contributed by atoms with Crippen LogP contribution in [0.1, 0.15) is 27.8 Å². The van der Waals surface area contributed by atoms with Crippen molar-refractivity contribution in [1.29, 1.82) is 0 Å². The number of aryl methyl sites for hydroxylation is 1. The molecule has 1 unspecified atom stereocenters. The molecule has 0 fully saturated rings. The average Bonchev–Trinajstić information content (AvgIpc) is 2.75. The van der Waals surface area contributed by atoms with Crippen LogP contribution >= 0.6 is 11.3 Å². The number of benzene rings is 1. The first-order chi connectivity index (χ1) is 8.88. The molecule has 0 aliphatic rings. The Morgan fingerprint density at radius 2 is 1.89 bits per heavy atom. The molecule has 2 nitrogen and oxygen atoms in total. The second kappa shape index (κ2) is 5.30. The van der Waals surface area contributed by atoms with Crippen molar-refractivity contribution in [2.24, 2.45) is 0 Å². The summed E-state index contributed by atoms with van der Waals surface area (Å²) in [6.45, 7) is 1.79. The summed E-state index contributed by atoms with van der Waals surface area (Å²) >= 11 is 1.34. The molecular formula is C13H12F3NOS. The maximum absolute atomic E-state index is 12.4. The highest BCUT2D eigenvalue weighted by Crippen LogP contribution is 2.30. The summed E-state index contributed by atoms with van der Waals surface area (Å²) in [4.78, 5) is 4.79. The Morgan fingerprint density at radius 1 is 1.26 bits per heavy atom. The van der Waals surface area contributed by atoms with Crippen LogP contribution in [-0.2, 0) is 12.6 Å². The van der Waals surface area contributed by atoms with E-state index >= 15 is 0 Å². The molecule has 1 aromatic heterocycles. The Labute approximate surface area is 112 Å². The Kier molecular flexibility index (Phi) is 3.91. The smallest absolute Gasteiger partial charge is 0.387 e. The van der Waals surface area contributed by atoms with E-state index in [4.69, 9.17) is 0 Å². The van der Waals surface area contributed by atoms with E-state index in [1.807, 2.05) is 0 Å². The minimum Gasteiger partial charge on any atom is -0.387 e. The van der Waals surface area contributed by atoms with Gasteiger partial charge in [-0.15, -0.1) is 11.3 Å². The molecule has 0 aliphatic heterocycles. The standard InChI is InChI=1S/C13H12F3NOS/c1-8-12(19-7-17-8)11(18)6-9-2-4-10(5-3-9)13(14,15)16/h2-5,7,11,18H,6H2,1H3. The topological polar surface area (TPSA) is 33.1 Å². The Hall–Kier alpha value is -1.40. The maximum Gasteiger partial charge on any atom is 0.416 e. The van der Waals surface area contributed by atoms with Gasteiger partial charge in [0.05, 0.1) is 27.7 Å². The third-order valence-corrected chi connectivity index (χ3v) is 3.83. The Morgan fingerprint density at radius 3 is 2.37 bits per heavy atom. The number of hydrogen-bond donors (Lipinski definition) is 1. The number of aliphatic hydroxyl groups is 1. The van der Waals surface area contributed by atoms with Gasteiger partial charge in [-0.1, -0.05) is 12.1 Å². The number of aliphatic hydroxyl groups excluding tert-OH is 1. The lowest BCUT2D eigenvalue weighted by Crippen LogP contribution is -2.06. The van der Waals surface area contributed by atoms with Crippen LogP contribution in [-0.4, -0.2) is 10.1 Å². The van der Waals surface area contributed by atoms with E-state index in [2.05, 4.69) is 4.98 Å². The zero-order valence-electron chi connectivity index (χ0n) is 10.1. The number of thiazole rings is 1. The van der Waals surface area contributed by atoms with Crippen LogP contribution in [0.25, 0.3) is 0 Å². The van der Waals surface area contributed by atoms with E-state index in [9.17, 15) is 18.3 Å². The highest BCUT2D eigenvalue weighted by molar-refractivity contribution is 7.09. The van der Waals surface area contributed by atoms with E-state index in [0.717, 1.165) is 22.7 Å². The average molecular weight is 287 g/mol. The van der Waals surface area contributed by atoms with E-state index in [1.165, 1.54) is 23.5 Å². The van der Waals surface area contributed by atoms with Crippen molar-refractivity contribution in [3.05, 3.63) is 51.5 Å². The number of alkyl halides is 3. The molecule has 6 heteroatoms. The number of nitrogens with zero attached hydrogens (tertiary/aromatic N) is 1. The van der Waals surface area contributed by atoms with Crippen LogP contribution in [0.5, 0.6) is 0 Å². The summed E-state index contributed by atoms with van der Waals surface area (Å²) in [5.41, 5.74) is 2.37. The summed E-state index contributed by atoms with van der Waals surface area (Å²) in [6.07, 6.45) is -4.78. The molecular weight excluding hydrogens is 275 g/mol. The lowest BCUT2D eigenvalue weighted by atomic mass is 10.0. The van der Waals surface area contributed by atoms with Crippen LogP contribution in [0.3, 0.4) is 0 Å². The Balaban J connectivity index is 2.10. The molecule has 1 N–H and O–H groups in total. The first kappa shape index (κ1) is 14.0. The Bertz CT molecular complexity index is 548. The van der Waals surface area contributed by atoms with Gasteiger partial charge in [0.25, 0.3) is 0 Å². The van der Waals surface area contributed by atoms with E-state index < -0.39 is 17.8 Å². The van der Waals surface area contributed by atoms with Gasteiger partial charge in [-0.3, -0.25) is 0 Å². The molecule has 0 saturated carbocycles. The second-order valence-corrected chi connectivity index (χ2v) is 5.10. The minimum absolute atomic E-state index is 0.279. The molecule has 2 rings (SSSR count). The molecule has 1 aromatic carbocycles. The summed E-state index contributed by atoms with van der Waals surface area (Å²) in [6, 6.07) is 4.84. The van der Waals surface area contributed by atoms with Gasteiger partial charge in [0.15, 0.2) is 0 Å². The van der Waals surface area contributed by atoms with Gasteiger partial charge < -0.3 is 5.11 Å². The van der Waals surface area contributed by atoms with Crippen molar-refractivity contribution in [3.8, 4) is 0 Å². The van der Waals surface area contributed by atoms with E-state index in [-0.39, 0.29) is 6.42 Å². The third-order valence-electron chi connectivity index (χ3n) is 2.80. The zero-order chi connectivity index (χ0) is 14.0. The summed E-state index contributed by atoms with van der Waals surface area (Å²) in [5, 5.41) is 10.0. The van der Waals surface area contributed by atoms with Crippen molar-refractivity contribution in [2.45, 2.75) is 25.6 Å². The highest BCUT2D eigenvalue weighted by Gasteiger charge is 2.30. The first-order valence-electron chi connectivity index (χ1n) is 5.62. The van der Waals surface area contributed by atoms with Gasteiger partial charge in [0.1, 0.15) is 0 Å². The monoisotopic (exact) mass is 287 g/mol. The third kappa shape index (κ3) is 3.33. The molecule has 0 bridgehead atoms. The molecule has 0 radical (unpaired) electrons. The molecule has 19 heavy (non-hydrogen) atoms. The molecule has 102 valence electrons. The first-order valence-corrected chi connectivity index (χ1v) is 6.50. The van der Waals surface area contributed by atoms with Gasteiger partial charge >= 0.3 is 6.18 Å². The molecule has 0 amide bonds. The van der Waals surface area contributed by atoms with E-state index in [1.54, 1.807) is 12.4 Å². The predicted molar refractivity (Wildman–Crippen MR) is 67.0 cm³/mol. The SMILES string of the molecule is Cc1ncsc1C(O)Cc1ccc(C(F)(F)F)cc1. The van der Waals surface area contributed by atoms with E-state index in [0.29, 0.717) is 5.56 Å². The van der Waals surface area contributed by atoms with Gasteiger partial charge in [-0.05, 0) is 24.6 Å². The van der Waals surface area contributed by atoms with Crippen molar-refractivity contribution < 1.29 is 18.3 Å². The van der Waals surface area contributed by atoms with Gasteiger partial charge in [-0.2, -0.15) is 13.2 Å². The van der Waals surface area contributed by atoms with Gasteiger partial charge in [-0.25, -0.2) is 4.98 Å². The lowest BCUT2D eigenvalue weighted by molar-refractivity contribution is -0.137. The fourth-order valence-electron chi connectivity index (χ4n) is 1.78. The second-order valence-electron chi connectivity index (χ2n) is 4.22. The number of hydrogen-bond acceptors (Lipinski definition) is 3. The fourth-order valence-corrected chi connectivity index (χ4v) is 2.56. The van der Waals surface area contributed by atoms with Gasteiger partial charge in [0.2, 0.25) is 0 Å². The van der Waals surface area contributed by atoms with Crippen LogP contribution in [0.4, 0.5) is 13.2 Å². The molecule has 1 heterocycles. The summed E-state index contributed by atoms with van der Waals surface area (Å²) < 4.78 is 37.2. The number of rotatable bonds is 3. The van der Waals surface area contributed by atoms with Crippen molar-refractivity contribution in [1.82, 2.24) is 4.98 Å². The van der Waals surface area contributed by atoms with Crippen LogP contribution < -0.4 is 0 Å². The van der Waals surface area contributed by atoms with Crippen molar-refractivity contribution in [3.63, 3.8) is 0 Å². The normalized spacial score (nSPS) is 13.5. The molecule has 1 atom stereocenters. The quantitative estimate of drug-likeness (QED) is 0.932. The lowest BCUT2D eigenvalue weighted by Gasteiger charge is -2.11. The molecule has 0 saturated heterocycles. The van der Waals surface area contributed by atoms with Gasteiger partial charge in [0, 0.05) is 6.42 Å². The molecule has 2 aromatic rings. The maximum atomic E-state index is 12.4. The predicted octanol–water partition coefficient (Wildman–Crippen LogP) is 3.75. The zero-order valence-corrected chi connectivity index (χ0v) is 10.9. The molecule has 0 aliphatic carbocycles. The summed E-state index contributed by atoms with van der Waals surface area (Å²) in [5.74, 6) is 0. The number of halogens is 3. The van der Waals surface area contributed by atoms with Crippen LogP contribution in [0.2, 0.25) is 0 Å². The number of aromatic nitrogens is 1. The largest absolute Gasteiger partial charge is 0.416 e. The molecule has 0 spiro atoms. The summed E-state index contributed by atoms with van der Waals surface area (Å²) in [7, 11) is 0. The van der Waals surface area contributed by atoms with Crippen LogP contribution in [0.15, 0.2) is 29.8 Å².